The summed E-state index contributed by atoms with van der Waals surface area (Å²) >= 11 is 0. The van der Waals surface area contributed by atoms with Crippen molar-refractivity contribution in [3.05, 3.63) is 0 Å². The lowest BCUT2D eigenvalue weighted by Crippen LogP contribution is -2.54. The average Bonchev–Trinajstić information content (AvgIpc) is 2.35. The third kappa shape index (κ3) is 4.92. The van der Waals surface area contributed by atoms with Crippen LogP contribution in [0, 0.1) is 0 Å². The molecule has 4 nitrogen and oxygen atoms in total. The first-order valence-electron chi connectivity index (χ1n) is 6.83. The molecule has 0 spiro atoms. The third-order valence-corrected chi connectivity index (χ3v) is 4.03. The number of rotatable bonds is 6. The Hall–Kier alpha value is -0.160. The van der Waals surface area contributed by atoms with Gasteiger partial charge in [-0.2, -0.15) is 0 Å². The Balaban J connectivity index is 2.25. The fraction of sp³-hybridized carbons (Fsp3) is 1.00. The Morgan fingerprint density at radius 1 is 1.12 bits per heavy atom. The molecule has 17 heavy (non-hydrogen) atoms. The lowest BCUT2D eigenvalue weighted by Gasteiger charge is -2.40. The normalized spacial score (nSPS) is 22.9. The van der Waals surface area contributed by atoms with Crippen molar-refractivity contribution in [3.63, 3.8) is 0 Å². The molecule has 0 aromatic rings. The van der Waals surface area contributed by atoms with Crippen molar-refractivity contribution < 1.29 is 0 Å². The van der Waals surface area contributed by atoms with Crippen LogP contribution in [0.15, 0.2) is 0 Å². The van der Waals surface area contributed by atoms with Crippen LogP contribution in [0.25, 0.3) is 0 Å². The number of piperazine rings is 1. The van der Waals surface area contributed by atoms with E-state index in [1.807, 2.05) is 0 Å². The fourth-order valence-electron chi connectivity index (χ4n) is 2.29. The first-order chi connectivity index (χ1) is 8.04. The minimum atomic E-state index is 0.573. The minimum Gasteiger partial charge on any atom is -0.316 e. The minimum absolute atomic E-state index is 0.573. The largest absolute Gasteiger partial charge is 0.316 e. The fourth-order valence-corrected chi connectivity index (χ4v) is 2.29. The first kappa shape index (κ1) is 14.9. The van der Waals surface area contributed by atoms with Crippen LogP contribution in [-0.4, -0.2) is 87.2 Å². The smallest absolute Gasteiger partial charge is 0.0219 e. The van der Waals surface area contributed by atoms with Crippen LogP contribution in [0.1, 0.15) is 13.8 Å². The van der Waals surface area contributed by atoms with Gasteiger partial charge in [-0.3, -0.25) is 9.80 Å². The summed E-state index contributed by atoms with van der Waals surface area (Å²) in [4.78, 5) is 7.44. The molecular weight excluding hydrogens is 212 g/mol. The molecule has 4 heteroatoms. The van der Waals surface area contributed by atoms with E-state index >= 15 is 0 Å². The highest BCUT2D eigenvalue weighted by Crippen LogP contribution is 2.09. The summed E-state index contributed by atoms with van der Waals surface area (Å²) in [6.07, 6.45) is 0. The molecule has 2 atom stereocenters. The zero-order valence-corrected chi connectivity index (χ0v) is 12.2. The number of hydrogen-bond donors (Lipinski definition) is 1. The van der Waals surface area contributed by atoms with Crippen LogP contribution < -0.4 is 5.32 Å². The van der Waals surface area contributed by atoms with E-state index in [1.54, 1.807) is 0 Å². The second kappa shape index (κ2) is 7.31. The molecule has 0 aromatic carbocycles. The molecule has 2 unspecified atom stereocenters. The number of nitrogens with zero attached hydrogens (tertiary/aromatic N) is 3. The molecule has 1 aliphatic heterocycles. The molecule has 0 saturated carbocycles. The first-order valence-corrected chi connectivity index (χ1v) is 6.83. The molecule has 0 amide bonds. The van der Waals surface area contributed by atoms with Crippen molar-refractivity contribution in [2.24, 2.45) is 0 Å². The summed E-state index contributed by atoms with van der Waals surface area (Å²) in [6, 6.07) is 1.21. The van der Waals surface area contributed by atoms with E-state index in [0.29, 0.717) is 12.1 Å². The van der Waals surface area contributed by atoms with Crippen LogP contribution in [0.2, 0.25) is 0 Å². The maximum atomic E-state index is 3.35. The molecule has 0 aliphatic carbocycles. The van der Waals surface area contributed by atoms with Crippen LogP contribution in [-0.2, 0) is 0 Å². The van der Waals surface area contributed by atoms with E-state index in [0.717, 1.165) is 0 Å². The SMILES string of the molecule is CNC(C)C(C)N1CCN(CCN(C)C)CC1. The van der Waals surface area contributed by atoms with Gasteiger partial charge in [0.2, 0.25) is 0 Å². The monoisotopic (exact) mass is 242 g/mol. The highest BCUT2D eigenvalue weighted by molar-refractivity contribution is 4.81. The summed E-state index contributed by atoms with van der Waals surface area (Å²) in [6.45, 7) is 11.8. The average molecular weight is 242 g/mol. The summed E-state index contributed by atoms with van der Waals surface area (Å²) in [7, 11) is 6.34. The van der Waals surface area contributed by atoms with Crippen molar-refractivity contribution in [1.29, 1.82) is 0 Å². The molecule has 1 aliphatic rings. The quantitative estimate of drug-likeness (QED) is 0.716. The number of likely N-dealkylation sites (N-methyl/N-ethyl adjacent to an activating group) is 2. The van der Waals surface area contributed by atoms with E-state index < -0.39 is 0 Å². The Bertz CT molecular complexity index is 200. The van der Waals surface area contributed by atoms with Crippen molar-refractivity contribution >= 4 is 0 Å². The van der Waals surface area contributed by atoms with E-state index in [4.69, 9.17) is 0 Å². The van der Waals surface area contributed by atoms with Gasteiger partial charge in [0.25, 0.3) is 0 Å². The van der Waals surface area contributed by atoms with Crippen LogP contribution >= 0.6 is 0 Å². The van der Waals surface area contributed by atoms with Gasteiger partial charge >= 0.3 is 0 Å². The van der Waals surface area contributed by atoms with Crippen LogP contribution in [0.3, 0.4) is 0 Å². The highest BCUT2D eigenvalue weighted by Gasteiger charge is 2.23. The van der Waals surface area contributed by atoms with Crippen molar-refractivity contribution in [2.45, 2.75) is 25.9 Å². The van der Waals surface area contributed by atoms with E-state index in [9.17, 15) is 0 Å². The van der Waals surface area contributed by atoms with Crippen molar-refractivity contribution in [2.75, 3.05) is 60.4 Å². The van der Waals surface area contributed by atoms with Gasteiger partial charge in [-0.1, -0.05) is 0 Å². The van der Waals surface area contributed by atoms with Gasteiger partial charge in [0.05, 0.1) is 0 Å². The standard InChI is InChI=1S/C13H30N4/c1-12(14-3)13(2)17-10-8-16(9-11-17)7-6-15(4)5/h12-14H,6-11H2,1-5H3. The summed E-state index contributed by atoms with van der Waals surface area (Å²) in [5, 5.41) is 3.35. The Morgan fingerprint density at radius 3 is 2.18 bits per heavy atom. The van der Waals surface area contributed by atoms with Gasteiger partial charge in [-0.05, 0) is 35.0 Å². The zero-order chi connectivity index (χ0) is 12.8. The molecule has 1 rings (SSSR count). The number of nitrogens with one attached hydrogen (secondary N) is 1. The molecular formula is C13H30N4. The topological polar surface area (TPSA) is 21.8 Å². The summed E-state index contributed by atoms with van der Waals surface area (Å²) in [5.41, 5.74) is 0. The van der Waals surface area contributed by atoms with E-state index in [1.165, 1.54) is 39.3 Å². The van der Waals surface area contributed by atoms with Crippen LogP contribution in [0.5, 0.6) is 0 Å². The van der Waals surface area contributed by atoms with E-state index in [2.05, 4.69) is 55.0 Å². The van der Waals surface area contributed by atoms with Crippen molar-refractivity contribution in [3.8, 4) is 0 Å². The lowest BCUT2D eigenvalue weighted by atomic mass is 10.1. The molecule has 0 bridgehead atoms. The van der Waals surface area contributed by atoms with Gasteiger partial charge in [-0.15, -0.1) is 0 Å². The molecule has 1 fully saturated rings. The van der Waals surface area contributed by atoms with Gasteiger partial charge < -0.3 is 10.2 Å². The summed E-state index contributed by atoms with van der Waals surface area (Å²) in [5.74, 6) is 0. The maximum Gasteiger partial charge on any atom is 0.0219 e. The van der Waals surface area contributed by atoms with Gasteiger partial charge in [-0.25, -0.2) is 0 Å². The maximum absolute atomic E-state index is 3.35. The molecule has 1 saturated heterocycles. The second-order valence-electron chi connectivity index (χ2n) is 5.50. The zero-order valence-electron chi connectivity index (χ0n) is 12.2. The Labute approximate surface area is 107 Å². The second-order valence-corrected chi connectivity index (χ2v) is 5.50. The molecule has 1 heterocycles. The highest BCUT2D eigenvalue weighted by atomic mass is 15.3. The molecule has 0 aromatic heterocycles. The third-order valence-electron chi connectivity index (χ3n) is 4.03. The number of hydrogen-bond acceptors (Lipinski definition) is 4. The Morgan fingerprint density at radius 2 is 1.71 bits per heavy atom. The van der Waals surface area contributed by atoms with Gasteiger partial charge in [0.1, 0.15) is 0 Å². The molecule has 1 N–H and O–H groups in total. The summed E-state index contributed by atoms with van der Waals surface area (Å²) < 4.78 is 0. The predicted octanol–water partition coefficient (Wildman–Crippen LogP) is 0.162. The predicted molar refractivity (Wildman–Crippen MR) is 74.6 cm³/mol. The lowest BCUT2D eigenvalue weighted by molar-refractivity contribution is 0.0859. The molecule has 102 valence electrons. The Kier molecular flexibility index (Phi) is 6.41. The van der Waals surface area contributed by atoms with Crippen LogP contribution in [0.4, 0.5) is 0 Å². The van der Waals surface area contributed by atoms with E-state index in [-0.39, 0.29) is 0 Å². The molecule has 0 radical (unpaired) electrons. The van der Waals surface area contributed by atoms with Crippen molar-refractivity contribution in [1.82, 2.24) is 20.0 Å². The van der Waals surface area contributed by atoms with Gasteiger partial charge in [0, 0.05) is 51.4 Å². The van der Waals surface area contributed by atoms with Gasteiger partial charge in [0.15, 0.2) is 0 Å².